The molecule has 0 spiro atoms. The molecular formula is C3H15BrN2O. The van der Waals surface area contributed by atoms with Gasteiger partial charge in [-0.25, -0.2) is 0 Å². The lowest BCUT2D eigenvalue weighted by atomic mass is 11.6. The Morgan fingerprint density at radius 1 is 0.857 bits per heavy atom. The maximum absolute atomic E-state index is 8.25. The minimum Gasteiger partial charge on any atom is -1.00 e. The second-order valence-corrected chi connectivity index (χ2v) is 0. The van der Waals surface area contributed by atoms with Crippen molar-refractivity contribution in [1.82, 2.24) is 0 Å². The van der Waals surface area contributed by atoms with Crippen LogP contribution in [0.3, 0.4) is 0 Å². The minimum atomic E-state index is 0. The van der Waals surface area contributed by atoms with Crippen molar-refractivity contribution in [3.63, 3.8) is 0 Å². The topological polar surface area (TPSA) is 78.3 Å². The summed E-state index contributed by atoms with van der Waals surface area (Å²) < 4.78 is 0. The van der Waals surface area contributed by atoms with Gasteiger partial charge in [0, 0.05) is 0 Å². The summed E-state index contributed by atoms with van der Waals surface area (Å²) in [7, 11) is 4.25. The molecule has 0 bridgehead atoms. The van der Waals surface area contributed by atoms with Gasteiger partial charge in [-0.05, 0) is 0 Å². The molecule has 0 saturated carbocycles. The van der Waals surface area contributed by atoms with Gasteiger partial charge < -0.3 is 33.6 Å². The van der Waals surface area contributed by atoms with Crippen molar-refractivity contribution in [2.24, 2.45) is 0 Å². The molecule has 4 heteroatoms. The van der Waals surface area contributed by atoms with Gasteiger partial charge in [0.25, 0.3) is 0 Å². The normalized spacial score (nSPS) is 2.57. The highest BCUT2D eigenvalue weighted by Gasteiger charge is 0.876. The third-order valence-electron chi connectivity index (χ3n) is 0. The van der Waals surface area contributed by atoms with Crippen molar-refractivity contribution < 1.29 is 33.6 Å². The Morgan fingerprint density at radius 2 is 0.857 bits per heavy atom. The second kappa shape index (κ2) is 1410. The van der Waals surface area contributed by atoms with Gasteiger partial charge in [0.2, 0.25) is 0 Å². The van der Waals surface area contributed by atoms with Crippen LogP contribution in [0.25, 0.3) is 0 Å². The maximum Gasteiger partial charge on any atom is 0.0634 e. The fraction of sp³-hybridized carbons (Fsp3) is 1.00. The van der Waals surface area contributed by atoms with E-state index < -0.39 is 0 Å². The fourth-order valence-corrected chi connectivity index (χ4v) is 0. The Bertz CT molecular complexity index is 12.9. The van der Waals surface area contributed by atoms with Crippen molar-refractivity contribution in [3.8, 4) is 0 Å². The monoisotopic (exact) mass is 174 g/mol. The summed E-state index contributed by atoms with van der Waals surface area (Å²) in [5, 5.41) is 8.25. The summed E-state index contributed by atoms with van der Waals surface area (Å²) in [6.07, 6.45) is 0. The Labute approximate surface area is 55.5 Å². The highest BCUT2D eigenvalue weighted by atomic mass is 79.9. The van der Waals surface area contributed by atoms with Crippen LogP contribution in [-0.4, -0.2) is 21.2 Å². The number of quaternary nitrogens is 2. The van der Waals surface area contributed by atoms with Gasteiger partial charge in [0.1, 0.15) is 0 Å². The number of hydrogen-bond donors (Lipinski definition) is 2. The van der Waals surface area contributed by atoms with Crippen LogP contribution in [0, 0.1) is 0 Å². The summed E-state index contributed by atoms with van der Waals surface area (Å²) >= 11 is 0. The number of rotatable bonds is 0. The third-order valence-corrected chi connectivity index (χ3v) is 0. The number of hydrogen-bond acceptors (Lipinski definition) is 1. The predicted molar refractivity (Wildman–Crippen MR) is 23.5 cm³/mol. The standard InChI is InChI=1S/2CH5N.CH3O.BrH/c3*1-2;/h2*2H2,1H3;1H3;1H/q;;-1;/p+1. The van der Waals surface area contributed by atoms with Crippen LogP contribution in [0.2, 0.25) is 0 Å². The molecular weight excluding hydrogens is 160 g/mol. The Balaban J connectivity index is -0.00000000900. The molecule has 0 fully saturated rings. The van der Waals surface area contributed by atoms with Crippen molar-refractivity contribution in [2.45, 2.75) is 0 Å². The van der Waals surface area contributed by atoms with Crippen LogP contribution >= 0.6 is 0 Å². The van der Waals surface area contributed by atoms with Gasteiger partial charge in [0.05, 0.1) is 14.1 Å². The number of halogens is 1. The Hall–Kier alpha value is 0.360. The first-order chi connectivity index (χ1) is 3.00. The summed E-state index contributed by atoms with van der Waals surface area (Å²) in [6.45, 7) is 0. The SMILES string of the molecule is C[NH3+].C[NH3+].C[O-].[Br-]. The van der Waals surface area contributed by atoms with Crippen LogP contribution in [0.4, 0.5) is 0 Å². The molecule has 0 rings (SSSR count). The van der Waals surface area contributed by atoms with Gasteiger partial charge in [-0.2, -0.15) is 7.11 Å². The molecule has 0 amide bonds. The molecule has 0 radical (unpaired) electrons. The first kappa shape index (κ1) is 26.4. The molecule has 0 unspecified atom stereocenters. The summed E-state index contributed by atoms with van der Waals surface area (Å²) in [5.41, 5.74) is 6.50. The molecule has 6 N–H and O–H groups in total. The van der Waals surface area contributed by atoms with Crippen molar-refractivity contribution in [2.75, 3.05) is 21.2 Å². The first-order valence-corrected chi connectivity index (χ1v) is 1.82. The zero-order chi connectivity index (χ0) is 6.00. The molecule has 7 heavy (non-hydrogen) atoms. The zero-order valence-corrected chi connectivity index (χ0v) is 6.79. The zero-order valence-electron chi connectivity index (χ0n) is 5.20. The minimum absolute atomic E-state index is 0. The van der Waals surface area contributed by atoms with Gasteiger partial charge >= 0.3 is 0 Å². The van der Waals surface area contributed by atoms with Crippen LogP contribution in [0.5, 0.6) is 0 Å². The average Bonchev–Trinajstić information content (AvgIpc) is 1.81. The summed E-state index contributed by atoms with van der Waals surface area (Å²) in [4.78, 5) is 0. The van der Waals surface area contributed by atoms with Crippen molar-refractivity contribution in [1.29, 1.82) is 0 Å². The molecule has 0 aliphatic rings. The van der Waals surface area contributed by atoms with E-state index in [1.54, 1.807) is 14.1 Å². The van der Waals surface area contributed by atoms with Crippen molar-refractivity contribution in [3.05, 3.63) is 0 Å². The summed E-state index contributed by atoms with van der Waals surface area (Å²) in [5.74, 6) is 0. The Kier molecular flexibility index (Phi) is 5310. The lowest BCUT2D eigenvalue weighted by Gasteiger charge is -1.57. The second-order valence-electron chi connectivity index (χ2n) is 0. The van der Waals surface area contributed by atoms with E-state index in [0.29, 0.717) is 0 Å². The summed E-state index contributed by atoms with van der Waals surface area (Å²) in [6, 6.07) is 0. The fourth-order valence-electron chi connectivity index (χ4n) is 0. The predicted octanol–water partition coefficient (Wildman–Crippen LogP) is -6.30. The van der Waals surface area contributed by atoms with Crippen LogP contribution < -0.4 is 33.6 Å². The average molecular weight is 175 g/mol. The maximum atomic E-state index is 8.25. The molecule has 0 aliphatic carbocycles. The van der Waals surface area contributed by atoms with E-state index in [4.69, 9.17) is 5.11 Å². The molecule has 3 nitrogen and oxygen atoms in total. The lowest BCUT2D eigenvalue weighted by molar-refractivity contribution is -0.325. The van der Waals surface area contributed by atoms with Gasteiger partial charge in [-0.15, -0.1) is 0 Å². The third kappa shape index (κ3) is 933. The molecule has 0 aromatic rings. The van der Waals surface area contributed by atoms with Crippen LogP contribution in [-0.2, 0) is 0 Å². The van der Waals surface area contributed by atoms with Crippen LogP contribution in [0.15, 0.2) is 0 Å². The molecule has 0 aromatic carbocycles. The van der Waals surface area contributed by atoms with Crippen LogP contribution in [0.1, 0.15) is 0 Å². The van der Waals surface area contributed by atoms with E-state index in [1.807, 2.05) is 0 Å². The lowest BCUT2D eigenvalue weighted by Crippen LogP contribution is -3.00. The highest BCUT2D eigenvalue weighted by Crippen LogP contribution is 0.419. The molecule has 0 heterocycles. The van der Waals surface area contributed by atoms with Gasteiger partial charge in [-0.1, -0.05) is 0 Å². The first-order valence-electron chi connectivity index (χ1n) is 1.82. The highest BCUT2D eigenvalue weighted by molar-refractivity contribution is 3.08. The van der Waals surface area contributed by atoms with Crippen molar-refractivity contribution >= 4 is 0 Å². The van der Waals surface area contributed by atoms with Gasteiger partial charge in [-0.3, -0.25) is 0 Å². The quantitative estimate of drug-likeness (QED) is 0.377. The van der Waals surface area contributed by atoms with E-state index in [0.717, 1.165) is 7.11 Å². The molecule has 0 saturated heterocycles. The van der Waals surface area contributed by atoms with E-state index in [2.05, 4.69) is 11.5 Å². The van der Waals surface area contributed by atoms with E-state index in [-0.39, 0.29) is 17.0 Å². The molecule has 50 valence electrons. The molecule has 0 aromatic heterocycles. The smallest absolute Gasteiger partial charge is 0.0634 e. The molecule has 0 atom stereocenters. The van der Waals surface area contributed by atoms with Gasteiger partial charge in [0.15, 0.2) is 0 Å². The van der Waals surface area contributed by atoms with E-state index in [1.165, 1.54) is 0 Å². The van der Waals surface area contributed by atoms with E-state index in [9.17, 15) is 0 Å². The Morgan fingerprint density at radius 3 is 0.857 bits per heavy atom. The molecule has 0 aliphatic heterocycles. The van der Waals surface area contributed by atoms with E-state index >= 15 is 0 Å². The largest absolute Gasteiger partial charge is 1.00 e.